The van der Waals surface area contributed by atoms with Crippen LogP contribution < -0.4 is 5.32 Å². The second-order valence-electron chi connectivity index (χ2n) is 5.00. The first kappa shape index (κ1) is 9.47. The van der Waals surface area contributed by atoms with E-state index in [1.54, 1.807) is 0 Å². The Morgan fingerprint density at radius 2 is 2.23 bits per heavy atom. The molecule has 1 N–H and O–H groups in total. The maximum atomic E-state index is 3.64. The topological polar surface area (TPSA) is 15.3 Å². The fourth-order valence-corrected chi connectivity index (χ4v) is 2.60. The van der Waals surface area contributed by atoms with Crippen LogP contribution in [-0.4, -0.2) is 36.6 Å². The predicted molar refractivity (Wildman–Crippen MR) is 58.0 cm³/mol. The van der Waals surface area contributed by atoms with Crippen molar-refractivity contribution in [1.82, 2.24) is 10.2 Å². The molecule has 2 aliphatic rings. The maximum absolute atomic E-state index is 3.64. The lowest BCUT2D eigenvalue weighted by Gasteiger charge is -2.20. The Bertz CT molecular complexity index is 190. The summed E-state index contributed by atoms with van der Waals surface area (Å²) >= 11 is 0. The lowest BCUT2D eigenvalue weighted by molar-refractivity contribution is 0.260. The van der Waals surface area contributed by atoms with E-state index in [9.17, 15) is 0 Å². The highest BCUT2D eigenvalue weighted by atomic mass is 15.2. The van der Waals surface area contributed by atoms with Gasteiger partial charge < -0.3 is 5.32 Å². The van der Waals surface area contributed by atoms with Gasteiger partial charge in [0.2, 0.25) is 0 Å². The van der Waals surface area contributed by atoms with Gasteiger partial charge >= 0.3 is 0 Å². The van der Waals surface area contributed by atoms with E-state index in [1.807, 2.05) is 0 Å². The van der Waals surface area contributed by atoms with E-state index in [1.165, 1.54) is 25.9 Å². The molecule has 2 fully saturated rings. The zero-order chi connectivity index (χ0) is 9.47. The van der Waals surface area contributed by atoms with Crippen molar-refractivity contribution in [3.05, 3.63) is 0 Å². The minimum atomic E-state index is 0. The number of hydrogen-bond donors (Lipinski definition) is 1. The molecule has 1 saturated carbocycles. The molecule has 0 aromatic heterocycles. The molecule has 0 amide bonds. The van der Waals surface area contributed by atoms with Crippen LogP contribution in [0.4, 0.5) is 0 Å². The van der Waals surface area contributed by atoms with Gasteiger partial charge in [0.1, 0.15) is 0 Å². The number of hydrogen-bond acceptors (Lipinski definition) is 2. The van der Waals surface area contributed by atoms with E-state index in [0.29, 0.717) is 5.41 Å². The fourth-order valence-electron chi connectivity index (χ4n) is 2.60. The molecule has 2 heteroatoms. The molecule has 1 unspecified atom stereocenters. The highest BCUT2D eigenvalue weighted by Gasteiger charge is 2.54. The zero-order valence-corrected chi connectivity index (χ0v) is 9.14. The number of nitrogens with zero attached hydrogens (tertiary/aromatic N) is 1. The van der Waals surface area contributed by atoms with Gasteiger partial charge in [-0.25, -0.2) is 0 Å². The van der Waals surface area contributed by atoms with Gasteiger partial charge in [-0.3, -0.25) is 4.90 Å². The number of likely N-dealkylation sites (tertiary alicyclic amines) is 1. The van der Waals surface area contributed by atoms with E-state index in [0.717, 1.165) is 18.6 Å². The molecule has 1 heterocycles. The van der Waals surface area contributed by atoms with Gasteiger partial charge in [0, 0.05) is 26.6 Å². The lowest BCUT2D eigenvalue weighted by Crippen LogP contribution is -2.37. The fraction of sp³-hybridized carbons (Fsp3) is 1.00. The molecular weight excluding hydrogens is 160 g/mol. The lowest BCUT2D eigenvalue weighted by atomic mass is 10.0. The average molecular weight is 184 g/mol. The summed E-state index contributed by atoms with van der Waals surface area (Å²) in [6.45, 7) is 10.6. The van der Waals surface area contributed by atoms with Crippen molar-refractivity contribution >= 4 is 0 Å². The normalized spacial score (nSPS) is 31.8. The molecule has 1 spiro atoms. The molecule has 2 rings (SSSR count). The highest BCUT2D eigenvalue weighted by molar-refractivity contribution is 5.10. The molecule has 0 radical (unpaired) electrons. The molecule has 1 atom stereocenters. The van der Waals surface area contributed by atoms with Crippen molar-refractivity contribution in [2.45, 2.75) is 45.7 Å². The third kappa shape index (κ3) is 1.62. The monoisotopic (exact) mass is 184 g/mol. The molecular formula is C11H24N2. The molecule has 0 aromatic carbocycles. The Morgan fingerprint density at radius 1 is 1.54 bits per heavy atom. The Morgan fingerprint density at radius 3 is 2.69 bits per heavy atom. The third-order valence-corrected chi connectivity index (χ3v) is 3.75. The molecule has 1 saturated heterocycles. The van der Waals surface area contributed by atoms with E-state index < -0.39 is 0 Å². The maximum Gasteiger partial charge on any atom is 0.0263 e. The van der Waals surface area contributed by atoms with Crippen LogP contribution in [0.2, 0.25) is 0 Å². The van der Waals surface area contributed by atoms with Crippen LogP contribution in [-0.2, 0) is 0 Å². The van der Waals surface area contributed by atoms with E-state index >= 15 is 0 Å². The Balaban J connectivity index is 0.000000980. The summed E-state index contributed by atoms with van der Waals surface area (Å²) in [7, 11) is 0. The van der Waals surface area contributed by atoms with Gasteiger partial charge in [0.25, 0.3) is 0 Å². The van der Waals surface area contributed by atoms with Crippen molar-refractivity contribution in [2.24, 2.45) is 5.41 Å². The van der Waals surface area contributed by atoms with Gasteiger partial charge in [0.15, 0.2) is 0 Å². The Labute approximate surface area is 83.2 Å². The number of likely N-dealkylation sites (N-methyl/N-ethyl adjacent to an activating group) is 1. The van der Waals surface area contributed by atoms with Crippen LogP contribution in [0, 0.1) is 5.41 Å². The van der Waals surface area contributed by atoms with Crippen LogP contribution in [0.5, 0.6) is 0 Å². The Kier molecular flexibility index (Phi) is 2.37. The largest absolute Gasteiger partial charge is 0.312 e. The summed E-state index contributed by atoms with van der Waals surface area (Å²) in [5.74, 6) is 0. The van der Waals surface area contributed by atoms with Crippen LogP contribution >= 0.6 is 0 Å². The minimum Gasteiger partial charge on any atom is -0.312 e. The van der Waals surface area contributed by atoms with E-state index in [4.69, 9.17) is 0 Å². The van der Waals surface area contributed by atoms with Crippen molar-refractivity contribution in [3.63, 3.8) is 0 Å². The number of rotatable bonds is 3. The molecule has 13 heavy (non-hydrogen) atoms. The molecule has 2 nitrogen and oxygen atoms in total. The first-order valence-electron chi connectivity index (χ1n) is 5.65. The van der Waals surface area contributed by atoms with Crippen molar-refractivity contribution < 1.29 is 1.43 Å². The van der Waals surface area contributed by atoms with Crippen LogP contribution in [0.15, 0.2) is 0 Å². The number of nitrogens with one attached hydrogen (secondary N) is 1. The summed E-state index contributed by atoms with van der Waals surface area (Å²) in [5.41, 5.74) is 0.681. The molecule has 0 bridgehead atoms. The van der Waals surface area contributed by atoms with Crippen LogP contribution in [0.1, 0.15) is 35.0 Å². The second-order valence-corrected chi connectivity index (χ2v) is 5.00. The molecule has 1 aliphatic heterocycles. The first-order valence-corrected chi connectivity index (χ1v) is 5.65. The van der Waals surface area contributed by atoms with Crippen molar-refractivity contribution in [3.8, 4) is 0 Å². The summed E-state index contributed by atoms with van der Waals surface area (Å²) < 4.78 is 0. The molecule has 0 aromatic rings. The average Bonchev–Trinajstić information content (AvgIpc) is 2.73. The van der Waals surface area contributed by atoms with E-state index in [-0.39, 0.29) is 1.43 Å². The van der Waals surface area contributed by atoms with Crippen molar-refractivity contribution in [1.29, 1.82) is 0 Å². The molecule has 78 valence electrons. The van der Waals surface area contributed by atoms with Crippen LogP contribution in [0.25, 0.3) is 0 Å². The summed E-state index contributed by atoms with van der Waals surface area (Å²) in [6.07, 6.45) is 2.90. The van der Waals surface area contributed by atoms with Crippen molar-refractivity contribution in [2.75, 3.05) is 19.6 Å². The molecule has 1 aliphatic carbocycles. The second kappa shape index (κ2) is 3.25. The zero-order valence-electron chi connectivity index (χ0n) is 9.14. The van der Waals surface area contributed by atoms with Gasteiger partial charge in [-0.1, -0.05) is 6.92 Å². The summed E-state index contributed by atoms with van der Waals surface area (Å²) in [6, 6.07) is 1.50. The highest BCUT2D eigenvalue weighted by Crippen LogP contribution is 2.53. The Hall–Kier alpha value is -0.0800. The van der Waals surface area contributed by atoms with Crippen LogP contribution in [0.3, 0.4) is 0 Å². The smallest absolute Gasteiger partial charge is 0.0263 e. The van der Waals surface area contributed by atoms with Gasteiger partial charge in [0.05, 0.1) is 0 Å². The standard InChI is InChI=1S/C11H22N2.H2/c1-4-12-10-7-13(9(2)3)8-11(10)5-6-11;/h9-10,12H,4-8H2,1-3H3;1H. The minimum absolute atomic E-state index is 0. The quantitative estimate of drug-likeness (QED) is 0.718. The first-order chi connectivity index (χ1) is 6.18. The van der Waals surface area contributed by atoms with Gasteiger partial charge in [-0.05, 0) is 38.6 Å². The SMILES string of the molecule is CCNC1CN(C(C)C)CC12CC2.[HH]. The van der Waals surface area contributed by atoms with Gasteiger partial charge in [-0.2, -0.15) is 0 Å². The summed E-state index contributed by atoms with van der Waals surface area (Å²) in [4.78, 5) is 2.63. The third-order valence-electron chi connectivity index (χ3n) is 3.75. The van der Waals surface area contributed by atoms with E-state index in [2.05, 4.69) is 31.0 Å². The summed E-state index contributed by atoms with van der Waals surface area (Å²) in [5, 5.41) is 3.64. The van der Waals surface area contributed by atoms with Gasteiger partial charge in [-0.15, -0.1) is 0 Å². The predicted octanol–water partition coefficient (Wildman–Crippen LogP) is 1.71.